The molecule has 1 fully saturated rings. The fourth-order valence-electron chi connectivity index (χ4n) is 4.12. The Morgan fingerprint density at radius 2 is 1.19 bits per heavy atom. The van der Waals surface area contributed by atoms with Crippen molar-refractivity contribution in [2.75, 3.05) is 19.8 Å². The molecule has 31 heavy (non-hydrogen) atoms. The van der Waals surface area contributed by atoms with Gasteiger partial charge in [-0.2, -0.15) is 0 Å². The lowest BCUT2D eigenvalue weighted by atomic mass is 9.62. The molecule has 0 aliphatic carbocycles. The lowest BCUT2D eigenvalue weighted by Gasteiger charge is -2.60. The van der Waals surface area contributed by atoms with Gasteiger partial charge in [0.15, 0.2) is 0 Å². The summed E-state index contributed by atoms with van der Waals surface area (Å²) < 4.78 is 0. The van der Waals surface area contributed by atoms with Gasteiger partial charge in [0.05, 0.1) is 17.0 Å². The number of hydrogen-bond donors (Lipinski definition) is 0. The molecule has 178 valence electrons. The third-order valence-corrected chi connectivity index (χ3v) is 5.64. The van der Waals surface area contributed by atoms with Gasteiger partial charge in [-0.3, -0.25) is 4.79 Å². The molecule has 0 saturated carbocycles. The van der Waals surface area contributed by atoms with Crippen molar-refractivity contribution in [1.82, 2.24) is 5.06 Å². The summed E-state index contributed by atoms with van der Waals surface area (Å²) in [5.41, 5.74) is -2.28. The number of hydroxylamine groups is 2. The smallest absolute Gasteiger partial charge is 0.327 e. The molecule has 0 aromatic carbocycles. The van der Waals surface area contributed by atoms with E-state index >= 15 is 0 Å². The minimum absolute atomic E-state index is 0.510. The van der Waals surface area contributed by atoms with Gasteiger partial charge in [0, 0.05) is 11.8 Å². The third kappa shape index (κ3) is 6.26. The van der Waals surface area contributed by atoms with E-state index in [2.05, 4.69) is 14.5 Å². The van der Waals surface area contributed by atoms with E-state index in [9.17, 15) is 35.1 Å². The summed E-state index contributed by atoms with van der Waals surface area (Å²) >= 11 is 0. The molecule has 0 aromatic heterocycles. The Hall–Kier alpha value is -2.97. The first-order valence-corrected chi connectivity index (χ1v) is 9.46. The molecule has 15 heteroatoms. The first kappa shape index (κ1) is 26.1. The highest BCUT2D eigenvalue weighted by Gasteiger charge is 2.59. The maximum atomic E-state index is 12.4. The van der Waals surface area contributed by atoms with Crippen LogP contribution in [0.15, 0.2) is 0 Å². The van der Waals surface area contributed by atoms with E-state index in [1.165, 1.54) is 5.06 Å². The van der Waals surface area contributed by atoms with E-state index in [-0.39, 0.29) is 0 Å². The summed E-state index contributed by atoms with van der Waals surface area (Å²) in [6.07, 6.45) is 0. The van der Waals surface area contributed by atoms with Crippen LogP contribution in [0.4, 0.5) is 0 Å². The van der Waals surface area contributed by atoms with Crippen LogP contribution >= 0.6 is 0 Å². The molecular weight excluding hydrogens is 424 g/mol. The second kappa shape index (κ2) is 9.89. The van der Waals surface area contributed by atoms with Crippen molar-refractivity contribution in [3.05, 3.63) is 30.3 Å². The van der Waals surface area contributed by atoms with Crippen LogP contribution in [0.25, 0.3) is 0 Å². The van der Waals surface area contributed by atoms with Crippen molar-refractivity contribution in [3.63, 3.8) is 0 Å². The number of carbonyl (C=O) groups is 1. The van der Waals surface area contributed by atoms with Crippen molar-refractivity contribution in [2.45, 2.75) is 52.6 Å². The Morgan fingerprint density at radius 3 is 1.52 bits per heavy atom. The van der Waals surface area contributed by atoms with Crippen LogP contribution in [-0.2, 0) is 24.1 Å². The van der Waals surface area contributed by atoms with Crippen LogP contribution in [0.1, 0.15) is 41.5 Å². The number of piperidine rings is 1. The number of nitrogens with zero attached hydrogens (tertiary/aromatic N) is 4. The molecule has 1 aliphatic rings. The highest BCUT2D eigenvalue weighted by molar-refractivity contribution is 5.71. The standard InChI is InChI=1S/C16H28N4O11/c1-10(2)14(21)31-17-15(3,4)12(8-29-19(24)25)11(7-28-18(22)23)13(16(17,5)6)9-30-20(26)27/h10-13H,7-9H2,1-6H3. The van der Waals surface area contributed by atoms with Gasteiger partial charge in [0.1, 0.15) is 19.8 Å². The fourth-order valence-corrected chi connectivity index (χ4v) is 4.12. The van der Waals surface area contributed by atoms with Crippen molar-refractivity contribution in [2.24, 2.45) is 23.7 Å². The molecule has 0 bridgehead atoms. The van der Waals surface area contributed by atoms with Gasteiger partial charge in [0.25, 0.3) is 15.3 Å². The average molecular weight is 452 g/mol. The van der Waals surface area contributed by atoms with Crippen molar-refractivity contribution in [3.8, 4) is 0 Å². The van der Waals surface area contributed by atoms with Crippen LogP contribution in [0.2, 0.25) is 0 Å². The monoisotopic (exact) mass is 452 g/mol. The Labute approximate surface area is 177 Å². The molecule has 0 aromatic rings. The van der Waals surface area contributed by atoms with Crippen LogP contribution in [0.3, 0.4) is 0 Å². The lowest BCUT2D eigenvalue weighted by molar-refractivity contribution is -0.767. The van der Waals surface area contributed by atoms with Crippen molar-refractivity contribution in [1.29, 1.82) is 0 Å². The molecule has 2 unspecified atom stereocenters. The summed E-state index contributed by atoms with van der Waals surface area (Å²) in [5.74, 6) is -3.70. The second-order valence-corrected chi connectivity index (χ2v) is 8.60. The fraction of sp³-hybridized carbons (Fsp3) is 0.938. The Balaban J connectivity index is 3.50. The maximum absolute atomic E-state index is 12.4. The molecule has 0 amide bonds. The third-order valence-electron chi connectivity index (χ3n) is 5.64. The maximum Gasteiger partial charge on any atom is 0.327 e. The quantitative estimate of drug-likeness (QED) is 0.325. The number of rotatable bonds is 11. The van der Waals surface area contributed by atoms with Crippen molar-refractivity contribution < 1.29 is 39.4 Å². The van der Waals surface area contributed by atoms with Gasteiger partial charge in [-0.05, 0) is 33.6 Å². The zero-order valence-corrected chi connectivity index (χ0v) is 18.2. The van der Waals surface area contributed by atoms with Gasteiger partial charge >= 0.3 is 5.97 Å². The van der Waals surface area contributed by atoms with E-state index in [1.54, 1.807) is 41.5 Å². The summed E-state index contributed by atoms with van der Waals surface area (Å²) in [6, 6.07) is 0. The minimum Gasteiger partial charge on any atom is -0.367 e. The predicted molar refractivity (Wildman–Crippen MR) is 100 cm³/mol. The highest BCUT2D eigenvalue weighted by atomic mass is 17.0. The number of carbonyl (C=O) groups excluding carboxylic acids is 1. The van der Waals surface area contributed by atoms with Gasteiger partial charge in [-0.15, -0.1) is 35.4 Å². The van der Waals surface area contributed by atoms with E-state index in [0.29, 0.717) is 0 Å². The van der Waals surface area contributed by atoms with Crippen LogP contribution in [0.5, 0.6) is 0 Å². The van der Waals surface area contributed by atoms with Gasteiger partial charge in [0.2, 0.25) is 0 Å². The normalized spacial score (nSPS) is 24.8. The van der Waals surface area contributed by atoms with Gasteiger partial charge < -0.3 is 19.4 Å². The largest absolute Gasteiger partial charge is 0.367 e. The molecule has 2 atom stereocenters. The van der Waals surface area contributed by atoms with Crippen LogP contribution in [0, 0.1) is 54.0 Å². The molecular formula is C16H28N4O11. The van der Waals surface area contributed by atoms with E-state index in [0.717, 1.165) is 0 Å². The molecule has 15 nitrogen and oxygen atoms in total. The SMILES string of the molecule is CC(C)C(=O)ON1C(C)(C)C(CO[N+](=O)[O-])C(CO[N+](=O)[O-])C(CO[N+](=O)[O-])C1(C)C. The zero-order chi connectivity index (χ0) is 24.1. The molecule has 1 saturated heterocycles. The van der Waals surface area contributed by atoms with Crippen LogP contribution < -0.4 is 0 Å². The number of hydrogen-bond acceptors (Lipinski definition) is 12. The average Bonchev–Trinajstić information content (AvgIpc) is 2.60. The Kier molecular flexibility index (Phi) is 8.32. The van der Waals surface area contributed by atoms with Crippen molar-refractivity contribution >= 4 is 5.97 Å². The molecule has 1 aliphatic heterocycles. The Bertz CT molecular complexity index is 659. The van der Waals surface area contributed by atoms with Gasteiger partial charge in [-0.1, -0.05) is 13.8 Å². The molecule has 1 heterocycles. The minimum atomic E-state index is -1.14. The van der Waals surface area contributed by atoms with E-state index < -0.39 is 75.8 Å². The molecule has 0 N–H and O–H groups in total. The van der Waals surface area contributed by atoms with Gasteiger partial charge in [-0.25, -0.2) is 0 Å². The second-order valence-electron chi connectivity index (χ2n) is 8.60. The lowest BCUT2D eigenvalue weighted by Crippen LogP contribution is -2.71. The Morgan fingerprint density at radius 1 is 0.839 bits per heavy atom. The first-order chi connectivity index (χ1) is 14.1. The summed E-state index contributed by atoms with van der Waals surface area (Å²) in [4.78, 5) is 64.1. The predicted octanol–water partition coefficient (Wildman–Crippen LogP) is 1.45. The molecule has 0 radical (unpaired) electrons. The summed E-state index contributed by atoms with van der Waals surface area (Å²) in [7, 11) is 0. The zero-order valence-electron chi connectivity index (χ0n) is 18.2. The first-order valence-electron chi connectivity index (χ1n) is 9.46. The molecule has 1 rings (SSSR count). The van der Waals surface area contributed by atoms with E-state index in [1.807, 2.05) is 0 Å². The molecule has 0 spiro atoms. The summed E-state index contributed by atoms with van der Waals surface area (Å²) in [5, 5.41) is 30.7. The highest BCUT2D eigenvalue weighted by Crippen LogP contribution is 2.49. The van der Waals surface area contributed by atoms with Crippen LogP contribution in [-0.4, -0.2) is 57.2 Å². The van der Waals surface area contributed by atoms with E-state index in [4.69, 9.17) is 4.84 Å². The summed E-state index contributed by atoms with van der Waals surface area (Å²) in [6.45, 7) is 8.16. The topological polar surface area (TPSA) is 187 Å².